The van der Waals surface area contributed by atoms with E-state index in [4.69, 9.17) is 10.3 Å². The number of carbonyl (C=O) groups excluding carboxylic acids is 1. The first kappa shape index (κ1) is 12.6. The van der Waals surface area contributed by atoms with Gasteiger partial charge in [0.05, 0.1) is 13.1 Å². The Hall–Kier alpha value is -1.46. The van der Waals surface area contributed by atoms with Crippen LogP contribution in [0.3, 0.4) is 0 Å². The van der Waals surface area contributed by atoms with E-state index in [0.29, 0.717) is 0 Å². The van der Waals surface area contributed by atoms with E-state index >= 15 is 0 Å². The van der Waals surface area contributed by atoms with Crippen LogP contribution in [-0.4, -0.2) is 46.9 Å². The van der Waals surface area contributed by atoms with Gasteiger partial charge in [-0.1, -0.05) is 0 Å². The zero-order chi connectivity index (χ0) is 12.3. The highest BCUT2D eigenvalue weighted by Gasteiger charge is 2.38. The number of aliphatic hydroxyl groups excluding tert-OH is 1. The van der Waals surface area contributed by atoms with Crippen molar-refractivity contribution in [3.63, 3.8) is 0 Å². The molecule has 0 aromatic rings. The predicted molar refractivity (Wildman–Crippen MR) is 54.9 cm³/mol. The van der Waals surface area contributed by atoms with Crippen LogP contribution < -0.4 is 4.91 Å². The van der Waals surface area contributed by atoms with E-state index in [-0.39, 0.29) is 13.1 Å². The number of rotatable bonds is 1. The van der Waals surface area contributed by atoms with Gasteiger partial charge >= 0.3 is 6.09 Å². The number of hydrogen-bond donors (Lipinski definition) is 2. The maximum absolute atomic E-state index is 11.6. The van der Waals surface area contributed by atoms with Crippen molar-refractivity contribution < 1.29 is 14.6 Å². The Labute approximate surface area is 93.6 Å². The SMILES string of the molecule is CC(C)(C)OC(=O)N1C[C@H](N=[N+]=N)[C@@H](O)C1. The number of nitrogens with one attached hydrogen (secondary N) is 1. The molecule has 2 N–H and O–H groups in total. The number of hydrogen-bond acceptors (Lipinski definition) is 5. The summed E-state index contributed by atoms with van der Waals surface area (Å²) in [6, 6.07) is -0.523. The summed E-state index contributed by atoms with van der Waals surface area (Å²) in [5, 5.41) is 13.1. The Morgan fingerprint density at radius 2 is 2.19 bits per heavy atom. The smallest absolute Gasteiger partial charge is 0.410 e. The van der Waals surface area contributed by atoms with E-state index in [1.165, 1.54) is 4.90 Å². The van der Waals surface area contributed by atoms with Gasteiger partial charge in [0.15, 0.2) is 6.04 Å². The number of β-amino-alcohol motifs (C(OH)–C–C–N with tert-alkyl or cyclic N) is 1. The van der Waals surface area contributed by atoms with E-state index in [9.17, 15) is 9.90 Å². The largest absolute Gasteiger partial charge is 0.444 e. The molecule has 16 heavy (non-hydrogen) atoms. The van der Waals surface area contributed by atoms with Gasteiger partial charge < -0.3 is 14.7 Å². The van der Waals surface area contributed by atoms with Crippen molar-refractivity contribution in [1.29, 1.82) is 5.53 Å². The van der Waals surface area contributed by atoms with Crippen molar-refractivity contribution in [2.45, 2.75) is 38.5 Å². The molecule has 1 amide bonds. The summed E-state index contributed by atoms with van der Waals surface area (Å²) in [7, 11) is 0. The highest BCUT2D eigenvalue weighted by Crippen LogP contribution is 2.17. The Morgan fingerprint density at radius 1 is 1.56 bits per heavy atom. The topological polar surface area (TPSA) is 100 Å². The molecule has 0 saturated carbocycles. The maximum Gasteiger partial charge on any atom is 0.410 e. The van der Waals surface area contributed by atoms with Gasteiger partial charge in [0.1, 0.15) is 22.4 Å². The van der Waals surface area contributed by atoms with Gasteiger partial charge in [-0.05, 0) is 20.8 Å². The minimum absolute atomic E-state index is 0.165. The molecule has 2 atom stereocenters. The summed E-state index contributed by atoms with van der Waals surface area (Å²) in [5.74, 6) is 0. The second-order valence-electron chi connectivity index (χ2n) is 4.74. The second kappa shape index (κ2) is 4.59. The van der Waals surface area contributed by atoms with Crippen molar-refractivity contribution >= 4 is 6.09 Å². The molecule has 1 aliphatic rings. The zero-order valence-corrected chi connectivity index (χ0v) is 9.67. The minimum Gasteiger partial charge on any atom is -0.444 e. The molecule has 1 rings (SSSR count). The molecule has 1 saturated heterocycles. The summed E-state index contributed by atoms with van der Waals surface area (Å²) in [5.41, 5.74) is 6.03. The summed E-state index contributed by atoms with van der Waals surface area (Å²) < 4.78 is 5.15. The normalized spacial score (nSPS) is 25.1. The number of ether oxygens (including phenoxy) is 1. The Kier molecular flexibility index (Phi) is 3.62. The molecule has 7 heteroatoms. The van der Waals surface area contributed by atoms with Gasteiger partial charge in [0.25, 0.3) is 0 Å². The molecular weight excluding hydrogens is 212 g/mol. The van der Waals surface area contributed by atoms with Gasteiger partial charge in [-0.15, -0.1) is 0 Å². The lowest BCUT2D eigenvalue weighted by Crippen LogP contribution is -2.36. The molecular formula is C9H17N4O3+. The first-order valence-electron chi connectivity index (χ1n) is 5.06. The van der Waals surface area contributed by atoms with Crippen molar-refractivity contribution in [2.75, 3.05) is 13.1 Å². The maximum atomic E-state index is 11.6. The van der Waals surface area contributed by atoms with E-state index in [2.05, 4.69) is 10.0 Å². The fourth-order valence-electron chi connectivity index (χ4n) is 1.43. The van der Waals surface area contributed by atoms with Crippen molar-refractivity contribution in [2.24, 2.45) is 5.11 Å². The van der Waals surface area contributed by atoms with E-state index in [1.807, 2.05) is 0 Å². The van der Waals surface area contributed by atoms with Gasteiger partial charge in [-0.2, -0.15) is 0 Å². The highest BCUT2D eigenvalue weighted by atomic mass is 16.6. The van der Waals surface area contributed by atoms with Crippen LogP contribution in [0.1, 0.15) is 20.8 Å². The quantitative estimate of drug-likeness (QED) is 0.506. The molecule has 0 aliphatic carbocycles. The van der Waals surface area contributed by atoms with Crippen LogP contribution in [0.5, 0.6) is 0 Å². The molecule has 1 heterocycles. The van der Waals surface area contributed by atoms with Crippen LogP contribution >= 0.6 is 0 Å². The van der Waals surface area contributed by atoms with E-state index in [0.717, 1.165) is 0 Å². The number of amides is 1. The van der Waals surface area contributed by atoms with Crippen LogP contribution in [0.4, 0.5) is 4.79 Å². The third-order valence-corrected chi connectivity index (χ3v) is 2.12. The number of likely N-dealkylation sites (tertiary alicyclic amines) is 1. The first-order chi connectivity index (χ1) is 7.33. The predicted octanol–water partition coefficient (Wildman–Crippen LogP) is 0.517. The molecule has 0 spiro atoms. The third-order valence-electron chi connectivity index (χ3n) is 2.12. The van der Waals surface area contributed by atoms with Gasteiger partial charge in [-0.3, -0.25) is 0 Å². The summed E-state index contributed by atoms with van der Waals surface area (Å²) in [6.07, 6.45) is -1.25. The number of carbonyl (C=O) groups is 1. The number of nitrogens with zero attached hydrogens (tertiary/aromatic N) is 3. The summed E-state index contributed by atoms with van der Waals surface area (Å²) >= 11 is 0. The fourth-order valence-corrected chi connectivity index (χ4v) is 1.43. The van der Waals surface area contributed by atoms with Crippen LogP contribution in [0.15, 0.2) is 5.11 Å². The second-order valence-corrected chi connectivity index (χ2v) is 4.74. The first-order valence-corrected chi connectivity index (χ1v) is 5.06. The Balaban J connectivity index is 2.58. The molecule has 1 aliphatic heterocycles. The summed E-state index contributed by atoms with van der Waals surface area (Å²) in [6.45, 7) is 5.73. The average molecular weight is 229 g/mol. The van der Waals surface area contributed by atoms with Gasteiger partial charge in [0.2, 0.25) is 4.91 Å². The molecule has 1 fully saturated rings. The fraction of sp³-hybridized carbons (Fsp3) is 0.889. The van der Waals surface area contributed by atoms with Crippen LogP contribution in [-0.2, 0) is 4.74 Å². The van der Waals surface area contributed by atoms with Crippen molar-refractivity contribution in [3.8, 4) is 0 Å². The lowest BCUT2D eigenvalue weighted by Gasteiger charge is -2.23. The van der Waals surface area contributed by atoms with Gasteiger partial charge in [-0.25, -0.2) is 4.79 Å². The Morgan fingerprint density at radius 3 is 2.69 bits per heavy atom. The van der Waals surface area contributed by atoms with Crippen molar-refractivity contribution in [3.05, 3.63) is 0 Å². The molecule has 90 valence electrons. The van der Waals surface area contributed by atoms with Gasteiger partial charge in [0, 0.05) is 0 Å². The van der Waals surface area contributed by atoms with Crippen LogP contribution in [0.2, 0.25) is 0 Å². The standard InChI is InChI=1S/C9H17N4O3/c1-9(2,3)16-8(15)13-4-6(11-12-10)7(14)5-13/h6-7,10,14H,4-5H2,1-3H3/q+1/t6-,7-/m0/s1. The van der Waals surface area contributed by atoms with E-state index in [1.54, 1.807) is 20.8 Å². The Bertz CT molecular complexity index is 319. The monoisotopic (exact) mass is 229 g/mol. The highest BCUT2D eigenvalue weighted by molar-refractivity contribution is 5.68. The van der Waals surface area contributed by atoms with Crippen LogP contribution in [0.25, 0.3) is 0 Å². The van der Waals surface area contributed by atoms with Crippen LogP contribution in [0, 0.1) is 5.53 Å². The number of aliphatic hydroxyl groups is 1. The molecule has 0 radical (unpaired) electrons. The average Bonchev–Trinajstić information content (AvgIpc) is 2.46. The van der Waals surface area contributed by atoms with E-state index < -0.39 is 23.8 Å². The molecule has 0 aromatic heterocycles. The molecule has 7 nitrogen and oxygen atoms in total. The molecule has 0 bridgehead atoms. The zero-order valence-electron chi connectivity index (χ0n) is 9.67. The third kappa shape index (κ3) is 3.29. The lowest BCUT2D eigenvalue weighted by molar-refractivity contribution is 0.0270. The molecule has 0 unspecified atom stereocenters. The van der Waals surface area contributed by atoms with Crippen molar-refractivity contribution in [1.82, 2.24) is 9.81 Å². The lowest BCUT2D eigenvalue weighted by atomic mass is 10.2. The molecule has 0 aromatic carbocycles. The minimum atomic E-state index is -0.776. The summed E-state index contributed by atoms with van der Waals surface area (Å²) in [4.78, 5) is 15.9.